The molecule has 0 aliphatic heterocycles. The first-order chi connectivity index (χ1) is 15.0. The number of nitrogens with one attached hydrogen (secondary N) is 1. The van der Waals surface area contributed by atoms with Gasteiger partial charge in [-0.1, -0.05) is 17.7 Å². The molecule has 2 aromatic heterocycles. The number of hydrogen-bond donors (Lipinski definition) is 1. The maximum atomic E-state index is 13.4. The number of ether oxygens (including phenoxy) is 1. The van der Waals surface area contributed by atoms with Crippen LogP contribution in [0.4, 0.5) is 5.69 Å². The van der Waals surface area contributed by atoms with E-state index in [4.69, 9.17) is 4.74 Å². The highest BCUT2D eigenvalue weighted by Crippen LogP contribution is 2.26. The minimum absolute atomic E-state index is 0.132. The highest BCUT2D eigenvalue weighted by Gasteiger charge is 2.21. The zero-order chi connectivity index (χ0) is 22.0. The van der Waals surface area contributed by atoms with Crippen LogP contribution in [0, 0.1) is 13.8 Å². The molecule has 0 atom stereocenters. The summed E-state index contributed by atoms with van der Waals surface area (Å²) < 4.78 is 5.30. The van der Waals surface area contributed by atoms with Crippen molar-refractivity contribution in [3.8, 4) is 5.75 Å². The molecule has 0 aliphatic rings. The second-order valence-corrected chi connectivity index (χ2v) is 7.49. The van der Waals surface area contributed by atoms with Gasteiger partial charge < -0.3 is 14.6 Å². The number of aromatic nitrogens is 2. The Bertz CT molecular complexity index is 1310. The SMILES string of the molecule is COc1ccc2[nH]c(=O)c(CN(C(=O)c3ccncc3)c3ccc(C)cc3C)cc2c1. The van der Waals surface area contributed by atoms with Crippen LogP contribution >= 0.6 is 0 Å². The van der Waals surface area contributed by atoms with Crippen LogP contribution in [0.2, 0.25) is 0 Å². The van der Waals surface area contributed by atoms with Gasteiger partial charge in [0.05, 0.1) is 13.7 Å². The molecule has 156 valence electrons. The number of carbonyl (C=O) groups excluding carboxylic acids is 1. The third-order valence-electron chi connectivity index (χ3n) is 5.27. The van der Waals surface area contributed by atoms with Crippen molar-refractivity contribution in [2.45, 2.75) is 20.4 Å². The van der Waals surface area contributed by atoms with Crippen LogP contribution < -0.4 is 15.2 Å². The van der Waals surface area contributed by atoms with Crippen LogP contribution in [0.5, 0.6) is 5.75 Å². The van der Waals surface area contributed by atoms with Gasteiger partial charge in [-0.15, -0.1) is 0 Å². The molecule has 6 heteroatoms. The number of amides is 1. The lowest BCUT2D eigenvalue weighted by Gasteiger charge is -2.25. The van der Waals surface area contributed by atoms with Crippen molar-refractivity contribution in [3.05, 3.63) is 99.6 Å². The first-order valence-electron chi connectivity index (χ1n) is 9.95. The largest absolute Gasteiger partial charge is 0.497 e. The second kappa shape index (κ2) is 8.44. The molecule has 0 unspecified atom stereocenters. The molecular formula is C25H23N3O3. The molecule has 0 spiro atoms. The quantitative estimate of drug-likeness (QED) is 0.526. The topological polar surface area (TPSA) is 75.3 Å². The van der Waals surface area contributed by atoms with Crippen molar-refractivity contribution in [1.29, 1.82) is 0 Å². The fourth-order valence-electron chi connectivity index (χ4n) is 3.67. The van der Waals surface area contributed by atoms with Gasteiger partial charge in [0.2, 0.25) is 0 Å². The van der Waals surface area contributed by atoms with Crippen molar-refractivity contribution < 1.29 is 9.53 Å². The predicted octanol–water partition coefficient (Wildman–Crippen LogP) is 4.40. The van der Waals surface area contributed by atoms with E-state index >= 15 is 0 Å². The zero-order valence-electron chi connectivity index (χ0n) is 17.7. The lowest BCUT2D eigenvalue weighted by atomic mass is 10.1. The van der Waals surface area contributed by atoms with Crippen LogP contribution in [-0.4, -0.2) is 23.0 Å². The summed E-state index contributed by atoms with van der Waals surface area (Å²) >= 11 is 0. The van der Waals surface area contributed by atoms with Crippen LogP contribution in [-0.2, 0) is 6.54 Å². The minimum Gasteiger partial charge on any atom is -0.497 e. The number of aryl methyl sites for hydroxylation is 2. The molecule has 4 rings (SSSR count). The van der Waals surface area contributed by atoms with E-state index in [9.17, 15) is 9.59 Å². The van der Waals surface area contributed by atoms with Gasteiger partial charge in [0, 0.05) is 40.1 Å². The molecule has 1 N–H and O–H groups in total. The van der Waals surface area contributed by atoms with Crippen molar-refractivity contribution in [3.63, 3.8) is 0 Å². The lowest BCUT2D eigenvalue weighted by Crippen LogP contribution is -2.33. The van der Waals surface area contributed by atoms with Crippen molar-refractivity contribution in [1.82, 2.24) is 9.97 Å². The molecule has 0 saturated heterocycles. The molecular weight excluding hydrogens is 390 g/mol. The summed E-state index contributed by atoms with van der Waals surface area (Å²) in [5.74, 6) is 0.504. The number of benzene rings is 2. The summed E-state index contributed by atoms with van der Waals surface area (Å²) in [4.78, 5) is 34.8. The molecule has 0 saturated carbocycles. The maximum Gasteiger partial charge on any atom is 0.258 e. The Balaban J connectivity index is 1.81. The fourth-order valence-corrected chi connectivity index (χ4v) is 3.67. The molecule has 0 bridgehead atoms. The van der Waals surface area contributed by atoms with Gasteiger partial charge in [-0.05, 0) is 61.9 Å². The molecule has 0 aliphatic carbocycles. The number of carbonyl (C=O) groups is 1. The number of hydrogen-bond acceptors (Lipinski definition) is 4. The second-order valence-electron chi connectivity index (χ2n) is 7.49. The van der Waals surface area contributed by atoms with E-state index in [2.05, 4.69) is 9.97 Å². The number of anilines is 1. The summed E-state index contributed by atoms with van der Waals surface area (Å²) in [6.07, 6.45) is 3.17. The number of methoxy groups -OCH3 is 1. The van der Waals surface area contributed by atoms with Gasteiger partial charge in [0.25, 0.3) is 11.5 Å². The van der Waals surface area contributed by atoms with Gasteiger partial charge in [-0.3, -0.25) is 14.6 Å². The van der Waals surface area contributed by atoms with E-state index in [1.165, 1.54) is 0 Å². The maximum absolute atomic E-state index is 13.4. The number of H-pyrrole nitrogens is 1. The molecule has 4 aromatic rings. The van der Waals surface area contributed by atoms with Crippen molar-refractivity contribution in [2.75, 3.05) is 12.0 Å². The molecule has 2 heterocycles. The van der Waals surface area contributed by atoms with Gasteiger partial charge in [-0.25, -0.2) is 0 Å². The van der Waals surface area contributed by atoms with Crippen molar-refractivity contribution in [2.24, 2.45) is 0 Å². The molecule has 0 radical (unpaired) electrons. The summed E-state index contributed by atoms with van der Waals surface area (Å²) in [5, 5.41) is 0.839. The zero-order valence-corrected chi connectivity index (χ0v) is 17.7. The van der Waals surface area contributed by atoms with E-state index in [1.54, 1.807) is 42.6 Å². The summed E-state index contributed by atoms with van der Waals surface area (Å²) in [6.45, 7) is 4.10. The molecule has 2 aromatic carbocycles. The van der Waals surface area contributed by atoms with Gasteiger partial charge in [0.15, 0.2) is 0 Å². The average molecular weight is 413 g/mol. The van der Waals surface area contributed by atoms with Crippen LogP contribution in [0.15, 0.2) is 71.8 Å². The molecule has 0 fully saturated rings. The summed E-state index contributed by atoms with van der Waals surface area (Å²) in [5.41, 5.74) is 4.31. The Labute approximate surface area is 180 Å². The summed E-state index contributed by atoms with van der Waals surface area (Å²) in [7, 11) is 1.60. The Morgan fingerprint density at radius 1 is 1.03 bits per heavy atom. The number of pyridine rings is 2. The number of fused-ring (bicyclic) bond motifs is 1. The van der Waals surface area contributed by atoms with Crippen LogP contribution in [0.1, 0.15) is 27.0 Å². The number of rotatable bonds is 5. The summed E-state index contributed by atoms with van der Waals surface area (Å²) in [6, 6.07) is 16.5. The van der Waals surface area contributed by atoms with E-state index in [-0.39, 0.29) is 18.0 Å². The molecule has 1 amide bonds. The van der Waals surface area contributed by atoms with Crippen molar-refractivity contribution >= 4 is 22.5 Å². The minimum atomic E-state index is -0.227. The van der Waals surface area contributed by atoms with E-state index in [0.717, 1.165) is 22.2 Å². The normalized spacial score (nSPS) is 10.8. The lowest BCUT2D eigenvalue weighted by molar-refractivity contribution is 0.0984. The Morgan fingerprint density at radius 2 is 1.81 bits per heavy atom. The number of nitrogens with zero attached hydrogens (tertiary/aromatic N) is 2. The van der Waals surface area contributed by atoms with E-state index in [0.29, 0.717) is 22.4 Å². The molecule has 6 nitrogen and oxygen atoms in total. The smallest absolute Gasteiger partial charge is 0.258 e. The first kappa shape index (κ1) is 20.3. The predicted molar refractivity (Wildman–Crippen MR) is 122 cm³/mol. The third-order valence-corrected chi connectivity index (χ3v) is 5.27. The third kappa shape index (κ3) is 4.19. The first-order valence-corrected chi connectivity index (χ1v) is 9.95. The average Bonchev–Trinajstić information content (AvgIpc) is 2.78. The number of aromatic amines is 1. The highest BCUT2D eigenvalue weighted by molar-refractivity contribution is 6.06. The van der Waals surface area contributed by atoms with E-state index < -0.39 is 0 Å². The standard InChI is InChI=1S/C25H23N3O3/c1-16-4-7-23(17(2)12-16)28(25(30)18-8-10-26-11-9-18)15-20-13-19-14-21(31-3)5-6-22(19)27-24(20)29/h4-14H,15H2,1-3H3,(H,27,29). The Kier molecular flexibility index (Phi) is 5.54. The Morgan fingerprint density at radius 3 is 2.52 bits per heavy atom. The molecule has 31 heavy (non-hydrogen) atoms. The Hall–Kier alpha value is -3.93. The monoisotopic (exact) mass is 413 g/mol. The van der Waals surface area contributed by atoms with E-state index in [1.807, 2.05) is 50.2 Å². The fraction of sp³-hybridized carbons (Fsp3) is 0.160. The van der Waals surface area contributed by atoms with Crippen LogP contribution in [0.3, 0.4) is 0 Å². The van der Waals surface area contributed by atoms with Gasteiger partial charge >= 0.3 is 0 Å². The van der Waals surface area contributed by atoms with Crippen LogP contribution in [0.25, 0.3) is 10.9 Å². The highest BCUT2D eigenvalue weighted by atomic mass is 16.5. The van der Waals surface area contributed by atoms with Gasteiger partial charge in [0.1, 0.15) is 5.75 Å². The van der Waals surface area contributed by atoms with Gasteiger partial charge in [-0.2, -0.15) is 0 Å².